The van der Waals surface area contributed by atoms with Crippen LogP contribution in [0, 0.1) is 5.92 Å². The highest BCUT2D eigenvalue weighted by Crippen LogP contribution is 2.23. The lowest BCUT2D eigenvalue weighted by molar-refractivity contribution is -0.124. The molecule has 0 bridgehead atoms. The van der Waals surface area contributed by atoms with E-state index in [0.717, 1.165) is 12.8 Å². The van der Waals surface area contributed by atoms with Gasteiger partial charge in [0, 0.05) is 32.0 Å². The van der Waals surface area contributed by atoms with Gasteiger partial charge in [-0.05, 0) is 35.2 Å². The maximum atomic E-state index is 12.3. The SMILES string of the molecule is CC[C@@H]1C[C@@H](C(=O)Nc2cn(C)cc(Br)c2=O)CCO1. The standard InChI is InChI=1S/C14H19BrN2O3/c1-3-10-6-9(4-5-20-10)14(19)16-12-8-17(2)7-11(15)13(12)18/h7-10H,3-6H2,1-2H3,(H,16,19)/t9-,10+/m0/s1. The maximum absolute atomic E-state index is 12.3. The van der Waals surface area contributed by atoms with Crippen molar-refractivity contribution in [2.24, 2.45) is 13.0 Å². The third-order valence-corrected chi connectivity index (χ3v) is 4.13. The minimum atomic E-state index is -0.199. The van der Waals surface area contributed by atoms with Gasteiger partial charge in [-0.1, -0.05) is 6.92 Å². The zero-order valence-electron chi connectivity index (χ0n) is 11.7. The van der Waals surface area contributed by atoms with Gasteiger partial charge in [0.2, 0.25) is 11.3 Å². The highest BCUT2D eigenvalue weighted by molar-refractivity contribution is 9.10. The molecule has 1 aliphatic rings. The Labute approximate surface area is 126 Å². The number of hydrogen-bond acceptors (Lipinski definition) is 3. The molecular weight excluding hydrogens is 324 g/mol. The predicted molar refractivity (Wildman–Crippen MR) is 80.8 cm³/mol. The van der Waals surface area contributed by atoms with Crippen LogP contribution in [-0.4, -0.2) is 23.2 Å². The van der Waals surface area contributed by atoms with E-state index in [9.17, 15) is 9.59 Å². The molecule has 20 heavy (non-hydrogen) atoms. The summed E-state index contributed by atoms with van der Waals surface area (Å²) in [5, 5.41) is 2.75. The topological polar surface area (TPSA) is 60.3 Å². The molecule has 1 amide bonds. The molecule has 2 heterocycles. The molecule has 0 aliphatic carbocycles. The van der Waals surface area contributed by atoms with Gasteiger partial charge in [-0.3, -0.25) is 9.59 Å². The average molecular weight is 343 g/mol. The summed E-state index contributed by atoms with van der Waals surface area (Å²) in [5.74, 6) is -0.181. The molecule has 1 aromatic heterocycles. The summed E-state index contributed by atoms with van der Waals surface area (Å²) in [4.78, 5) is 24.2. The molecule has 110 valence electrons. The quantitative estimate of drug-likeness (QED) is 0.916. The van der Waals surface area contributed by atoms with Gasteiger partial charge in [0.15, 0.2) is 0 Å². The number of aryl methyl sites for hydroxylation is 1. The molecule has 0 unspecified atom stereocenters. The van der Waals surface area contributed by atoms with E-state index in [2.05, 4.69) is 28.2 Å². The van der Waals surface area contributed by atoms with E-state index >= 15 is 0 Å². The van der Waals surface area contributed by atoms with Crippen LogP contribution in [0.4, 0.5) is 5.69 Å². The Balaban J connectivity index is 2.10. The van der Waals surface area contributed by atoms with E-state index in [1.54, 1.807) is 24.0 Å². The van der Waals surface area contributed by atoms with Crippen LogP contribution in [0.2, 0.25) is 0 Å². The zero-order chi connectivity index (χ0) is 14.7. The van der Waals surface area contributed by atoms with E-state index < -0.39 is 0 Å². The number of ether oxygens (including phenoxy) is 1. The Kier molecular flexibility index (Phi) is 4.99. The fourth-order valence-corrected chi connectivity index (χ4v) is 2.93. The molecule has 0 radical (unpaired) electrons. The lowest BCUT2D eigenvalue weighted by Gasteiger charge is -2.28. The first kappa shape index (κ1) is 15.3. The molecule has 6 heteroatoms. The van der Waals surface area contributed by atoms with Gasteiger partial charge in [0.1, 0.15) is 5.69 Å². The first-order valence-corrected chi connectivity index (χ1v) is 7.58. The Morgan fingerprint density at radius 2 is 2.30 bits per heavy atom. The summed E-state index contributed by atoms with van der Waals surface area (Å²) >= 11 is 3.20. The summed E-state index contributed by atoms with van der Waals surface area (Å²) in [6.07, 6.45) is 5.77. The molecule has 2 atom stereocenters. The minimum Gasteiger partial charge on any atom is -0.378 e. The Morgan fingerprint density at radius 3 is 3.00 bits per heavy atom. The van der Waals surface area contributed by atoms with Crippen molar-refractivity contribution in [3.05, 3.63) is 27.1 Å². The number of rotatable bonds is 3. The number of pyridine rings is 1. The van der Waals surface area contributed by atoms with Gasteiger partial charge < -0.3 is 14.6 Å². The molecule has 1 fully saturated rings. The normalized spacial score (nSPS) is 22.6. The molecule has 1 aromatic rings. The summed E-state index contributed by atoms with van der Waals surface area (Å²) in [6, 6.07) is 0. The van der Waals surface area contributed by atoms with Crippen molar-refractivity contribution in [2.75, 3.05) is 11.9 Å². The van der Waals surface area contributed by atoms with Crippen molar-refractivity contribution in [3.8, 4) is 0 Å². The number of carbonyl (C=O) groups is 1. The molecule has 5 nitrogen and oxygen atoms in total. The van der Waals surface area contributed by atoms with E-state index in [4.69, 9.17) is 4.74 Å². The first-order chi connectivity index (χ1) is 9.51. The number of nitrogens with one attached hydrogen (secondary N) is 1. The third-order valence-electron chi connectivity index (χ3n) is 3.56. The van der Waals surface area contributed by atoms with Crippen LogP contribution in [0.1, 0.15) is 26.2 Å². The number of aromatic nitrogens is 1. The lowest BCUT2D eigenvalue weighted by Crippen LogP contribution is -2.34. The van der Waals surface area contributed by atoms with Crippen LogP contribution in [0.25, 0.3) is 0 Å². The van der Waals surface area contributed by atoms with Gasteiger partial charge in [-0.2, -0.15) is 0 Å². The van der Waals surface area contributed by atoms with Gasteiger partial charge in [0.05, 0.1) is 10.6 Å². The number of hydrogen-bond donors (Lipinski definition) is 1. The molecule has 0 saturated carbocycles. The second-order valence-corrected chi connectivity index (χ2v) is 5.98. The van der Waals surface area contributed by atoms with Crippen molar-refractivity contribution in [3.63, 3.8) is 0 Å². The van der Waals surface area contributed by atoms with Crippen LogP contribution in [0.5, 0.6) is 0 Å². The Hall–Kier alpha value is -1.14. The molecule has 1 aliphatic heterocycles. The Bertz CT molecular complexity index is 556. The van der Waals surface area contributed by atoms with Gasteiger partial charge >= 0.3 is 0 Å². The number of amides is 1. The average Bonchev–Trinajstić information content (AvgIpc) is 2.44. The highest BCUT2D eigenvalue weighted by atomic mass is 79.9. The number of halogens is 1. The second kappa shape index (κ2) is 6.54. The number of anilines is 1. The minimum absolute atomic E-state index is 0.0858. The largest absolute Gasteiger partial charge is 0.378 e. The van der Waals surface area contributed by atoms with Crippen molar-refractivity contribution < 1.29 is 9.53 Å². The smallest absolute Gasteiger partial charge is 0.227 e. The molecule has 0 aromatic carbocycles. The monoisotopic (exact) mass is 342 g/mol. The zero-order valence-corrected chi connectivity index (χ0v) is 13.3. The van der Waals surface area contributed by atoms with E-state index in [0.29, 0.717) is 23.2 Å². The van der Waals surface area contributed by atoms with Gasteiger partial charge in [-0.15, -0.1) is 0 Å². The molecular formula is C14H19BrN2O3. The van der Waals surface area contributed by atoms with Crippen LogP contribution >= 0.6 is 15.9 Å². The molecule has 2 rings (SSSR count). The summed E-state index contributed by atoms with van der Waals surface area (Å²) in [6.45, 7) is 2.65. The second-order valence-electron chi connectivity index (χ2n) is 5.13. The number of carbonyl (C=O) groups excluding carboxylic acids is 1. The maximum Gasteiger partial charge on any atom is 0.227 e. The molecule has 1 saturated heterocycles. The fraction of sp³-hybridized carbons (Fsp3) is 0.571. The van der Waals surface area contributed by atoms with E-state index in [1.807, 2.05) is 0 Å². The van der Waals surface area contributed by atoms with Crippen molar-refractivity contribution in [1.29, 1.82) is 0 Å². The van der Waals surface area contributed by atoms with E-state index in [-0.39, 0.29) is 23.4 Å². The summed E-state index contributed by atoms with van der Waals surface area (Å²) in [7, 11) is 1.81. The third kappa shape index (κ3) is 3.49. The molecule has 0 spiro atoms. The van der Waals surface area contributed by atoms with Crippen molar-refractivity contribution in [2.45, 2.75) is 32.3 Å². The summed E-state index contributed by atoms with van der Waals surface area (Å²) in [5.41, 5.74) is 0.113. The van der Waals surface area contributed by atoms with Crippen LogP contribution in [-0.2, 0) is 16.6 Å². The van der Waals surface area contributed by atoms with Crippen molar-refractivity contribution in [1.82, 2.24) is 4.57 Å². The van der Waals surface area contributed by atoms with Crippen LogP contribution in [0.3, 0.4) is 0 Å². The number of nitrogens with zero attached hydrogens (tertiary/aromatic N) is 1. The highest BCUT2D eigenvalue weighted by Gasteiger charge is 2.27. The van der Waals surface area contributed by atoms with Gasteiger partial charge in [-0.25, -0.2) is 0 Å². The first-order valence-electron chi connectivity index (χ1n) is 6.79. The lowest BCUT2D eigenvalue weighted by atomic mass is 9.93. The van der Waals surface area contributed by atoms with Crippen LogP contribution in [0.15, 0.2) is 21.7 Å². The van der Waals surface area contributed by atoms with Gasteiger partial charge in [0.25, 0.3) is 0 Å². The molecule has 1 N–H and O–H groups in total. The van der Waals surface area contributed by atoms with E-state index in [1.165, 1.54) is 0 Å². The van der Waals surface area contributed by atoms with Crippen LogP contribution < -0.4 is 10.7 Å². The fourth-order valence-electron chi connectivity index (χ4n) is 2.39. The summed E-state index contributed by atoms with van der Waals surface area (Å²) < 4.78 is 7.74. The van der Waals surface area contributed by atoms with Crippen molar-refractivity contribution >= 4 is 27.5 Å². The Morgan fingerprint density at radius 1 is 1.55 bits per heavy atom. The predicted octanol–water partition coefficient (Wildman–Crippen LogP) is 2.29.